The van der Waals surface area contributed by atoms with Crippen molar-refractivity contribution in [3.63, 3.8) is 0 Å². The van der Waals surface area contributed by atoms with Crippen LogP contribution in [0.1, 0.15) is 29.6 Å². The highest BCUT2D eigenvalue weighted by molar-refractivity contribution is 5.99. The number of hydrogen-bond acceptors (Lipinski definition) is 3. The number of nitrogen functional groups attached to an aromatic ring is 1. The zero-order valence-corrected chi connectivity index (χ0v) is 13.7. The van der Waals surface area contributed by atoms with Gasteiger partial charge in [-0.15, -0.1) is 0 Å². The Labute approximate surface area is 142 Å². The Hall–Kier alpha value is -2.49. The molecule has 0 radical (unpaired) electrons. The highest BCUT2D eigenvalue weighted by Crippen LogP contribution is 2.38. The molecular formula is C20H22N2O2. The molecule has 0 aromatic heterocycles. The van der Waals surface area contributed by atoms with Gasteiger partial charge < -0.3 is 15.4 Å². The molecule has 4 heteroatoms. The molecule has 2 aromatic carbocycles. The van der Waals surface area contributed by atoms with Crippen LogP contribution in [0.25, 0.3) is 0 Å². The number of fused-ring (bicyclic) bond motifs is 1. The average Bonchev–Trinajstić information content (AvgIpc) is 3.19. The molecule has 1 saturated carbocycles. The third-order valence-electron chi connectivity index (χ3n) is 5.25. The molecule has 4 nitrogen and oxygen atoms in total. The average molecular weight is 322 g/mol. The van der Waals surface area contributed by atoms with E-state index < -0.39 is 0 Å². The van der Waals surface area contributed by atoms with E-state index >= 15 is 0 Å². The van der Waals surface area contributed by atoms with Crippen LogP contribution in [0.2, 0.25) is 0 Å². The highest BCUT2D eigenvalue weighted by Gasteiger charge is 2.38. The maximum atomic E-state index is 12.9. The second kappa shape index (κ2) is 6.19. The van der Waals surface area contributed by atoms with E-state index in [2.05, 4.69) is 0 Å². The predicted octanol–water partition coefficient (Wildman–Crippen LogP) is 3.93. The maximum Gasteiger partial charge on any atom is 0.256 e. The molecule has 1 heterocycles. The Balaban J connectivity index is 1.54. The Kier molecular flexibility index (Phi) is 3.89. The number of nitrogens with zero attached hydrogens (tertiary/aromatic N) is 1. The minimum absolute atomic E-state index is 0.0282. The first kappa shape index (κ1) is 15.1. The van der Waals surface area contributed by atoms with Crippen molar-refractivity contribution in [3.05, 3.63) is 54.1 Å². The number of nitrogens with two attached hydrogens (primary N) is 1. The summed E-state index contributed by atoms with van der Waals surface area (Å²) >= 11 is 0. The van der Waals surface area contributed by atoms with Crippen molar-refractivity contribution in [1.82, 2.24) is 4.90 Å². The second-order valence-electron chi connectivity index (χ2n) is 6.83. The van der Waals surface area contributed by atoms with Crippen LogP contribution in [0.15, 0.2) is 48.5 Å². The highest BCUT2D eigenvalue weighted by atomic mass is 16.5. The summed E-state index contributed by atoms with van der Waals surface area (Å²) in [5.74, 6) is 2.77. The summed E-state index contributed by atoms with van der Waals surface area (Å²) in [6, 6.07) is 14.9. The van der Waals surface area contributed by atoms with E-state index in [9.17, 15) is 4.79 Å². The quantitative estimate of drug-likeness (QED) is 0.871. The van der Waals surface area contributed by atoms with Gasteiger partial charge in [0.2, 0.25) is 0 Å². The van der Waals surface area contributed by atoms with E-state index in [1.165, 1.54) is 19.3 Å². The summed E-state index contributed by atoms with van der Waals surface area (Å²) in [4.78, 5) is 14.9. The summed E-state index contributed by atoms with van der Waals surface area (Å²) in [5, 5.41) is 0. The van der Waals surface area contributed by atoms with Gasteiger partial charge >= 0.3 is 0 Å². The molecule has 1 aliphatic carbocycles. The van der Waals surface area contributed by atoms with Crippen LogP contribution in [-0.4, -0.2) is 23.9 Å². The number of carbonyl (C=O) groups excluding carboxylic acids is 1. The maximum absolute atomic E-state index is 12.9. The molecule has 24 heavy (non-hydrogen) atoms. The van der Waals surface area contributed by atoms with Crippen LogP contribution in [0.4, 0.5) is 5.69 Å². The Bertz CT molecular complexity index is 733. The fourth-order valence-corrected chi connectivity index (χ4v) is 3.98. The Morgan fingerprint density at radius 1 is 1.00 bits per heavy atom. The van der Waals surface area contributed by atoms with Crippen molar-refractivity contribution in [2.45, 2.75) is 19.3 Å². The van der Waals surface area contributed by atoms with Crippen LogP contribution in [0.3, 0.4) is 0 Å². The summed E-state index contributed by atoms with van der Waals surface area (Å²) in [6.07, 6.45) is 3.81. The lowest BCUT2D eigenvalue weighted by molar-refractivity contribution is 0.0781. The van der Waals surface area contributed by atoms with Crippen molar-refractivity contribution in [2.24, 2.45) is 11.8 Å². The summed E-state index contributed by atoms with van der Waals surface area (Å²) < 4.78 is 5.84. The van der Waals surface area contributed by atoms with E-state index in [1.807, 2.05) is 35.2 Å². The van der Waals surface area contributed by atoms with Crippen molar-refractivity contribution in [1.29, 1.82) is 0 Å². The first-order valence-corrected chi connectivity index (χ1v) is 8.62. The number of carbonyl (C=O) groups is 1. The van der Waals surface area contributed by atoms with E-state index in [0.717, 1.165) is 18.8 Å². The monoisotopic (exact) mass is 322 g/mol. The van der Waals surface area contributed by atoms with Crippen LogP contribution < -0.4 is 10.5 Å². The first-order chi connectivity index (χ1) is 11.7. The minimum atomic E-state index is 0.0282. The van der Waals surface area contributed by atoms with E-state index in [4.69, 9.17) is 10.5 Å². The van der Waals surface area contributed by atoms with Gasteiger partial charge in [0.15, 0.2) is 0 Å². The molecule has 4 rings (SSSR count). The van der Waals surface area contributed by atoms with Gasteiger partial charge in [0.1, 0.15) is 11.5 Å². The lowest BCUT2D eigenvalue weighted by Gasteiger charge is -2.19. The molecule has 0 unspecified atom stereocenters. The number of hydrogen-bond donors (Lipinski definition) is 1. The number of ether oxygens (including phenoxy) is 1. The van der Waals surface area contributed by atoms with Gasteiger partial charge in [-0.05, 0) is 55.0 Å². The molecule has 2 aromatic rings. The molecule has 2 fully saturated rings. The summed E-state index contributed by atoms with van der Waals surface area (Å²) in [5.41, 5.74) is 7.12. The van der Waals surface area contributed by atoms with Crippen LogP contribution in [0.5, 0.6) is 11.5 Å². The Morgan fingerprint density at radius 2 is 1.71 bits per heavy atom. The topological polar surface area (TPSA) is 55.6 Å². The smallest absolute Gasteiger partial charge is 0.256 e. The minimum Gasteiger partial charge on any atom is -0.457 e. The molecule has 0 bridgehead atoms. The Morgan fingerprint density at radius 3 is 2.42 bits per heavy atom. The van der Waals surface area contributed by atoms with Gasteiger partial charge in [-0.25, -0.2) is 0 Å². The molecule has 1 amide bonds. The summed E-state index contributed by atoms with van der Waals surface area (Å²) in [7, 11) is 0. The molecule has 2 N–H and O–H groups in total. The van der Waals surface area contributed by atoms with Gasteiger partial charge in [-0.2, -0.15) is 0 Å². The standard InChI is InChI=1S/C20H22N2O2/c21-19-10-9-17(24-16-7-2-1-3-8-16)11-18(19)20(23)22-12-14-5-4-6-15(14)13-22/h1-3,7-11,14-15H,4-6,12-13,21H2/t14-,15+. The van der Waals surface area contributed by atoms with Gasteiger partial charge in [-0.1, -0.05) is 24.6 Å². The lowest BCUT2D eigenvalue weighted by atomic mass is 10.0. The van der Waals surface area contributed by atoms with Crippen molar-refractivity contribution < 1.29 is 9.53 Å². The molecule has 2 aliphatic rings. The molecule has 1 saturated heterocycles. The van der Waals surface area contributed by atoms with E-state index in [-0.39, 0.29) is 5.91 Å². The van der Waals surface area contributed by atoms with Crippen molar-refractivity contribution >= 4 is 11.6 Å². The number of likely N-dealkylation sites (tertiary alicyclic amines) is 1. The number of para-hydroxylation sites is 1. The SMILES string of the molecule is Nc1ccc(Oc2ccccc2)cc1C(=O)N1C[C@H]2CCC[C@H]2C1. The fraction of sp³-hybridized carbons (Fsp3) is 0.350. The second-order valence-corrected chi connectivity index (χ2v) is 6.83. The zero-order valence-electron chi connectivity index (χ0n) is 13.7. The number of rotatable bonds is 3. The van der Waals surface area contributed by atoms with Crippen LogP contribution in [-0.2, 0) is 0 Å². The normalized spacial score (nSPS) is 22.4. The predicted molar refractivity (Wildman–Crippen MR) is 94.1 cm³/mol. The molecule has 0 spiro atoms. The number of anilines is 1. The first-order valence-electron chi connectivity index (χ1n) is 8.62. The number of amides is 1. The molecule has 124 valence electrons. The zero-order chi connectivity index (χ0) is 16.5. The fourth-order valence-electron chi connectivity index (χ4n) is 3.98. The van der Waals surface area contributed by atoms with E-state index in [1.54, 1.807) is 18.2 Å². The van der Waals surface area contributed by atoms with Gasteiger partial charge in [0, 0.05) is 18.8 Å². The van der Waals surface area contributed by atoms with Crippen molar-refractivity contribution in [3.8, 4) is 11.5 Å². The largest absolute Gasteiger partial charge is 0.457 e. The van der Waals surface area contributed by atoms with Gasteiger partial charge in [-0.3, -0.25) is 4.79 Å². The van der Waals surface area contributed by atoms with Gasteiger partial charge in [0.25, 0.3) is 5.91 Å². The number of benzene rings is 2. The molecule has 1 aliphatic heterocycles. The summed E-state index contributed by atoms with van der Waals surface area (Å²) in [6.45, 7) is 1.74. The van der Waals surface area contributed by atoms with E-state index in [0.29, 0.717) is 28.8 Å². The lowest BCUT2D eigenvalue weighted by Crippen LogP contribution is -2.30. The van der Waals surface area contributed by atoms with Crippen LogP contribution >= 0.6 is 0 Å². The van der Waals surface area contributed by atoms with Crippen molar-refractivity contribution in [2.75, 3.05) is 18.8 Å². The molecule has 2 atom stereocenters. The third-order valence-corrected chi connectivity index (χ3v) is 5.25. The molecular weight excluding hydrogens is 300 g/mol. The van der Waals surface area contributed by atoms with Crippen LogP contribution in [0, 0.1) is 11.8 Å². The third kappa shape index (κ3) is 2.84. The van der Waals surface area contributed by atoms with Gasteiger partial charge in [0.05, 0.1) is 5.56 Å².